The van der Waals surface area contributed by atoms with E-state index in [-0.39, 0.29) is 5.91 Å². The Kier molecular flexibility index (Phi) is 4.51. The molecular weight excluding hydrogens is 222 g/mol. The smallest absolute Gasteiger partial charge is 0.328 e. The topological polar surface area (TPSA) is 86.6 Å². The van der Waals surface area contributed by atoms with Gasteiger partial charge in [-0.2, -0.15) is 0 Å². The monoisotopic (exact) mass is 243 g/mol. The standard InChI is InChI=1S/C12H21NO4/c1-3-12(6-4-5-7-12)11(17)13-9(8(2)14)10(15)16/h8-9,14H,3-7H2,1-2H3,(H,13,17)(H,15,16)/t8-,9+/m1/s1. The van der Waals surface area contributed by atoms with Crippen molar-refractivity contribution in [2.24, 2.45) is 5.41 Å². The highest BCUT2D eigenvalue weighted by Crippen LogP contribution is 2.41. The highest BCUT2D eigenvalue weighted by atomic mass is 16.4. The molecule has 2 atom stereocenters. The van der Waals surface area contributed by atoms with Crippen molar-refractivity contribution in [1.29, 1.82) is 0 Å². The zero-order valence-electron chi connectivity index (χ0n) is 10.4. The summed E-state index contributed by atoms with van der Waals surface area (Å²) in [4.78, 5) is 23.0. The lowest BCUT2D eigenvalue weighted by Crippen LogP contribution is -2.52. The summed E-state index contributed by atoms with van der Waals surface area (Å²) in [6.45, 7) is 3.31. The number of nitrogens with one attached hydrogen (secondary N) is 1. The zero-order valence-corrected chi connectivity index (χ0v) is 10.4. The molecule has 1 amide bonds. The van der Waals surface area contributed by atoms with Crippen molar-refractivity contribution in [1.82, 2.24) is 5.32 Å². The van der Waals surface area contributed by atoms with Crippen molar-refractivity contribution in [3.05, 3.63) is 0 Å². The molecule has 0 aromatic heterocycles. The molecule has 1 aliphatic carbocycles. The van der Waals surface area contributed by atoms with Crippen LogP contribution in [-0.2, 0) is 9.59 Å². The summed E-state index contributed by atoms with van der Waals surface area (Å²) in [5, 5.41) is 20.7. The van der Waals surface area contributed by atoms with E-state index in [0.29, 0.717) is 6.42 Å². The molecular formula is C12H21NO4. The average molecular weight is 243 g/mol. The lowest BCUT2D eigenvalue weighted by molar-refractivity contribution is -0.147. The van der Waals surface area contributed by atoms with Gasteiger partial charge in [0.05, 0.1) is 6.10 Å². The van der Waals surface area contributed by atoms with Gasteiger partial charge in [-0.05, 0) is 26.2 Å². The van der Waals surface area contributed by atoms with Gasteiger partial charge in [0.2, 0.25) is 5.91 Å². The summed E-state index contributed by atoms with van der Waals surface area (Å²) in [6.07, 6.45) is 3.25. The molecule has 1 rings (SSSR count). The summed E-state index contributed by atoms with van der Waals surface area (Å²) in [5.41, 5.74) is -0.428. The molecule has 1 saturated carbocycles. The Hall–Kier alpha value is -1.10. The molecule has 0 heterocycles. The predicted octanol–water partition coefficient (Wildman–Crippen LogP) is 0.907. The van der Waals surface area contributed by atoms with E-state index in [4.69, 9.17) is 5.11 Å². The quantitative estimate of drug-likeness (QED) is 0.669. The van der Waals surface area contributed by atoms with Gasteiger partial charge in [0.15, 0.2) is 6.04 Å². The van der Waals surface area contributed by atoms with Crippen LogP contribution in [0.15, 0.2) is 0 Å². The van der Waals surface area contributed by atoms with Crippen LogP contribution in [0.5, 0.6) is 0 Å². The number of aliphatic hydroxyl groups is 1. The lowest BCUT2D eigenvalue weighted by Gasteiger charge is -2.28. The SMILES string of the molecule is CCC1(C(=O)N[C@H](C(=O)O)[C@@H](C)O)CCCC1. The minimum Gasteiger partial charge on any atom is -0.480 e. The van der Waals surface area contributed by atoms with Gasteiger partial charge >= 0.3 is 5.97 Å². The molecule has 0 unspecified atom stereocenters. The van der Waals surface area contributed by atoms with E-state index in [1.165, 1.54) is 6.92 Å². The Balaban J connectivity index is 2.72. The Morgan fingerprint density at radius 3 is 2.24 bits per heavy atom. The molecule has 5 heteroatoms. The van der Waals surface area contributed by atoms with Gasteiger partial charge in [0.1, 0.15) is 0 Å². The van der Waals surface area contributed by atoms with Gasteiger partial charge in [-0.1, -0.05) is 19.8 Å². The Bertz CT molecular complexity index is 295. The number of aliphatic hydroxyl groups excluding tert-OH is 1. The van der Waals surface area contributed by atoms with E-state index in [2.05, 4.69) is 5.32 Å². The molecule has 0 radical (unpaired) electrons. The molecule has 17 heavy (non-hydrogen) atoms. The van der Waals surface area contributed by atoms with Crippen LogP contribution >= 0.6 is 0 Å². The van der Waals surface area contributed by atoms with Crippen LogP contribution in [0, 0.1) is 5.41 Å². The maximum Gasteiger partial charge on any atom is 0.328 e. The number of carbonyl (C=O) groups excluding carboxylic acids is 1. The number of hydrogen-bond donors (Lipinski definition) is 3. The third-order valence-electron chi connectivity index (χ3n) is 3.75. The van der Waals surface area contributed by atoms with Crippen molar-refractivity contribution in [2.75, 3.05) is 0 Å². The number of rotatable bonds is 5. The number of carboxylic acids is 1. The third-order valence-corrected chi connectivity index (χ3v) is 3.75. The van der Waals surface area contributed by atoms with Crippen LogP contribution < -0.4 is 5.32 Å². The van der Waals surface area contributed by atoms with E-state index >= 15 is 0 Å². The second kappa shape index (κ2) is 5.49. The predicted molar refractivity (Wildman–Crippen MR) is 62.4 cm³/mol. The second-order valence-electron chi connectivity index (χ2n) is 4.87. The number of aliphatic carboxylic acids is 1. The van der Waals surface area contributed by atoms with E-state index in [1.807, 2.05) is 6.92 Å². The van der Waals surface area contributed by atoms with Crippen molar-refractivity contribution in [3.8, 4) is 0 Å². The summed E-state index contributed by atoms with van der Waals surface area (Å²) in [7, 11) is 0. The Morgan fingerprint density at radius 1 is 1.35 bits per heavy atom. The van der Waals surface area contributed by atoms with Crippen LogP contribution in [0.1, 0.15) is 46.0 Å². The fraction of sp³-hybridized carbons (Fsp3) is 0.833. The van der Waals surface area contributed by atoms with Crippen molar-refractivity contribution in [3.63, 3.8) is 0 Å². The molecule has 0 aromatic rings. The first-order valence-corrected chi connectivity index (χ1v) is 6.15. The van der Waals surface area contributed by atoms with Crippen molar-refractivity contribution >= 4 is 11.9 Å². The first-order chi connectivity index (χ1) is 7.93. The van der Waals surface area contributed by atoms with Crippen molar-refractivity contribution in [2.45, 2.75) is 58.1 Å². The second-order valence-corrected chi connectivity index (χ2v) is 4.87. The maximum absolute atomic E-state index is 12.1. The molecule has 0 spiro atoms. The first kappa shape index (κ1) is 14.0. The number of amides is 1. The largest absolute Gasteiger partial charge is 0.480 e. The normalized spacial score (nSPS) is 21.8. The zero-order chi connectivity index (χ0) is 13.1. The van der Waals surface area contributed by atoms with Gasteiger partial charge in [-0.25, -0.2) is 4.79 Å². The van der Waals surface area contributed by atoms with Crippen LogP contribution in [0.3, 0.4) is 0 Å². The van der Waals surface area contributed by atoms with E-state index < -0.39 is 23.5 Å². The molecule has 0 bridgehead atoms. The minimum atomic E-state index is -1.22. The van der Waals surface area contributed by atoms with Crippen LogP contribution in [0.25, 0.3) is 0 Å². The highest BCUT2D eigenvalue weighted by molar-refractivity contribution is 5.87. The third kappa shape index (κ3) is 2.97. The Morgan fingerprint density at radius 2 is 1.88 bits per heavy atom. The van der Waals surface area contributed by atoms with Gasteiger partial charge < -0.3 is 15.5 Å². The van der Waals surface area contributed by atoms with E-state index in [0.717, 1.165) is 25.7 Å². The fourth-order valence-corrected chi connectivity index (χ4v) is 2.48. The molecule has 0 saturated heterocycles. The van der Waals surface area contributed by atoms with Gasteiger partial charge in [-0.3, -0.25) is 4.79 Å². The first-order valence-electron chi connectivity index (χ1n) is 6.15. The van der Waals surface area contributed by atoms with Crippen LogP contribution in [-0.4, -0.2) is 34.2 Å². The number of carboxylic acid groups (broad SMARTS) is 1. The highest BCUT2D eigenvalue weighted by Gasteiger charge is 2.41. The summed E-state index contributed by atoms with van der Waals surface area (Å²) < 4.78 is 0. The molecule has 5 nitrogen and oxygen atoms in total. The van der Waals surface area contributed by atoms with Gasteiger partial charge in [0, 0.05) is 5.41 Å². The fourth-order valence-electron chi connectivity index (χ4n) is 2.48. The molecule has 1 aliphatic rings. The van der Waals surface area contributed by atoms with Crippen LogP contribution in [0.4, 0.5) is 0 Å². The van der Waals surface area contributed by atoms with Crippen molar-refractivity contribution < 1.29 is 19.8 Å². The number of carbonyl (C=O) groups is 2. The van der Waals surface area contributed by atoms with E-state index in [9.17, 15) is 14.7 Å². The maximum atomic E-state index is 12.1. The molecule has 98 valence electrons. The summed E-state index contributed by atoms with van der Waals surface area (Å²) >= 11 is 0. The number of hydrogen-bond acceptors (Lipinski definition) is 3. The summed E-state index contributed by atoms with van der Waals surface area (Å²) in [5.74, 6) is -1.43. The average Bonchev–Trinajstić information content (AvgIpc) is 2.74. The minimum absolute atomic E-state index is 0.231. The molecule has 1 fully saturated rings. The Labute approximate surface area is 101 Å². The molecule has 0 aliphatic heterocycles. The van der Waals surface area contributed by atoms with Crippen LogP contribution in [0.2, 0.25) is 0 Å². The summed E-state index contributed by atoms with van der Waals surface area (Å²) in [6, 6.07) is -1.22. The van der Waals surface area contributed by atoms with E-state index in [1.54, 1.807) is 0 Å². The van der Waals surface area contributed by atoms with Gasteiger partial charge in [0.25, 0.3) is 0 Å². The lowest BCUT2D eigenvalue weighted by atomic mass is 9.82. The molecule has 3 N–H and O–H groups in total. The molecule has 0 aromatic carbocycles. The van der Waals surface area contributed by atoms with Gasteiger partial charge in [-0.15, -0.1) is 0 Å².